The molecule has 0 saturated carbocycles. The van der Waals surface area contributed by atoms with E-state index in [1.807, 2.05) is 22.8 Å². The van der Waals surface area contributed by atoms with Gasteiger partial charge in [0.05, 0.1) is 19.1 Å². The smallest absolute Gasteiger partial charge is 0.348 e. The van der Waals surface area contributed by atoms with Crippen LogP contribution in [0.3, 0.4) is 0 Å². The van der Waals surface area contributed by atoms with Crippen LogP contribution in [-0.4, -0.2) is 25.2 Å². The maximum Gasteiger partial charge on any atom is 0.401 e. The molecule has 0 aliphatic heterocycles. The number of nitrogens with one attached hydrogen (secondary N) is 2. The minimum atomic E-state index is -4.29. The van der Waals surface area contributed by atoms with E-state index in [-0.39, 0.29) is 12.6 Å². The molecule has 1 amide bonds. The zero-order chi connectivity index (χ0) is 12.9. The van der Waals surface area contributed by atoms with Crippen molar-refractivity contribution >= 4 is 17.2 Å². The van der Waals surface area contributed by atoms with Crippen molar-refractivity contribution in [3.8, 4) is 0 Å². The third-order valence-electron chi connectivity index (χ3n) is 1.96. The van der Waals surface area contributed by atoms with Crippen molar-refractivity contribution < 1.29 is 18.0 Å². The normalized spacial score (nSPS) is 13.4. The summed E-state index contributed by atoms with van der Waals surface area (Å²) in [7, 11) is 0. The van der Waals surface area contributed by atoms with Crippen molar-refractivity contribution in [1.82, 2.24) is 10.6 Å². The summed E-state index contributed by atoms with van der Waals surface area (Å²) in [5.74, 6) is -0.449. The van der Waals surface area contributed by atoms with Crippen molar-refractivity contribution in [2.45, 2.75) is 19.1 Å². The summed E-state index contributed by atoms with van der Waals surface area (Å²) in [6.07, 6.45) is -4.29. The standard InChI is InChI=1S/C10H13F3N2OS/c1-7(8-3-2-4-17-8)15-9(16)5-14-6-10(11,12)13/h2-4,7,14H,5-6H2,1H3,(H,15,16). The molecule has 17 heavy (non-hydrogen) atoms. The van der Waals surface area contributed by atoms with Gasteiger partial charge in [0.2, 0.25) is 5.91 Å². The van der Waals surface area contributed by atoms with Gasteiger partial charge in [-0.3, -0.25) is 4.79 Å². The summed E-state index contributed by atoms with van der Waals surface area (Å²) >= 11 is 1.49. The zero-order valence-electron chi connectivity index (χ0n) is 9.17. The van der Waals surface area contributed by atoms with Crippen molar-refractivity contribution in [2.75, 3.05) is 13.1 Å². The van der Waals surface area contributed by atoms with E-state index < -0.39 is 18.6 Å². The van der Waals surface area contributed by atoms with E-state index in [0.717, 1.165) is 4.88 Å². The third kappa shape index (κ3) is 5.69. The SMILES string of the molecule is CC(NC(=O)CNCC(F)(F)F)c1cccs1. The third-order valence-corrected chi connectivity index (χ3v) is 3.01. The molecule has 1 unspecified atom stereocenters. The summed E-state index contributed by atoms with van der Waals surface area (Å²) in [5.41, 5.74) is 0. The van der Waals surface area contributed by atoms with Crippen LogP contribution in [0, 0.1) is 0 Å². The minimum absolute atomic E-state index is 0.185. The minimum Gasteiger partial charge on any atom is -0.348 e. The van der Waals surface area contributed by atoms with Crippen LogP contribution >= 0.6 is 11.3 Å². The lowest BCUT2D eigenvalue weighted by molar-refractivity contribution is -0.128. The first kappa shape index (κ1) is 14.0. The molecule has 0 aliphatic rings. The molecule has 0 saturated heterocycles. The molecule has 0 spiro atoms. The van der Waals surface area contributed by atoms with E-state index in [9.17, 15) is 18.0 Å². The predicted octanol–water partition coefficient (Wildman–Crippen LogP) is 2.08. The Balaban J connectivity index is 2.26. The maximum absolute atomic E-state index is 11.8. The van der Waals surface area contributed by atoms with E-state index in [1.54, 1.807) is 6.92 Å². The number of carbonyl (C=O) groups excluding carboxylic acids is 1. The lowest BCUT2D eigenvalue weighted by Gasteiger charge is -2.13. The average molecular weight is 266 g/mol. The fourth-order valence-corrected chi connectivity index (χ4v) is 1.95. The number of hydrogen-bond donors (Lipinski definition) is 2. The van der Waals surface area contributed by atoms with Crippen molar-refractivity contribution in [3.63, 3.8) is 0 Å². The first-order valence-electron chi connectivity index (χ1n) is 4.99. The van der Waals surface area contributed by atoms with Gasteiger partial charge in [0.25, 0.3) is 0 Å². The number of rotatable bonds is 5. The Hall–Kier alpha value is -1.08. The van der Waals surface area contributed by atoms with Crippen LogP contribution in [-0.2, 0) is 4.79 Å². The van der Waals surface area contributed by atoms with Crippen LogP contribution < -0.4 is 10.6 Å². The van der Waals surface area contributed by atoms with Gasteiger partial charge in [-0.25, -0.2) is 0 Å². The van der Waals surface area contributed by atoms with E-state index in [1.165, 1.54) is 11.3 Å². The van der Waals surface area contributed by atoms with Gasteiger partial charge in [-0.05, 0) is 18.4 Å². The fraction of sp³-hybridized carbons (Fsp3) is 0.500. The summed E-state index contributed by atoms with van der Waals surface area (Å²) in [6.45, 7) is 0.288. The predicted molar refractivity (Wildman–Crippen MR) is 59.8 cm³/mol. The molecular formula is C10H13F3N2OS. The van der Waals surface area contributed by atoms with Gasteiger partial charge in [0.15, 0.2) is 0 Å². The summed E-state index contributed by atoms with van der Waals surface area (Å²) in [6, 6.07) is 3.53. The number of hydrogen-bond acceptors (Lipinski definition) is 3. The zero-order valence-corrected chi connectivity index (χ0v) is 9.99. The van der Waals surface area contributed by atoms with Gasteiger partial charge in [-0.15, -0.1) is 11.3 Å². The highest BCUT2D eigenvalue weighted by Crippen LogP contribution is 2.17. The lowest BCUT2D eigenvalue weighted by atomic mass is 10.3. The van der Waals surface area contributed by atoms with Gasteiger partial charge in [0.1, 0.15) is 0 Å². The Morgan fingerprint density at radius 2 is 2.24 bits per heavy atom. The van der Waals surface area contributed by atoms with Crippen LogP contribution in [0.25, 0.3) is 0 Å². The topological polar surface area (TPSA) is 41.1 Å². The number of thiophene rings is 1. The Morgan fingerprint density at radius 3 is 2.76 bits per heavy atom. The number of carbonyl (C=O) groups is 1. The maximum atomic E-state index is 11.8. The van der Waals surface area contributed by atoms with E-state index in [0.29, 0.717) is 0 Å². The van der Waals surface area contributed by atoms with Gasteiger partial charge in [-0.1, -0.05) is 6.07 Å². The Morgan fingerprint density at radius 1 is 1.53 bits per heavy atom. The molecule has 1 atom stereocenters. The molecule has 1 heterocycles. The number of amides is 1. The number of alkyl halides is 3. The molecule has 0 radical (unpaired) electrons. The van der Waals surface area contributed by atoms with Crippen LogP contribution in [0.4, 0.5) is 13.2 Å². The lowest BCUT2D eigenvalue weighted by Crippen LogP contribution is -2.38. The summed E-state index contributed by atoms with van der Waals surface area (Å²) in [4.78, 5) is 12.3. The molecule has 0 fully saturated rings. The second-order valence-electron chi connectivity index (χ2n) is 3.52. The Labute approximate surface area is 101 Å². The van der Waals surface area contributed by atoms with Crippen LogP contribution in [0.2, 0.25) is 0 Å². The van der Waals surface area contributed by atoms with E-state index >= 15 is 0 Å². The van der Waals surface area contributed by atoms with Crippen molar-refractivity contribution in [3.05, 3.63) is 22.4 Å². The number of halogens is 3. The van der Waals surface area contributed by atoms with Gasteiger partial charge < -0.3 is 10.6 Å². The van der Waals surface area contributed by atoms with E-state index in [4.69, 9.17) is 0 Å². The molecule has 0 aromatic carbocycles. The van der Waals surface area contributed by atoms with Gasteiger partial charge >= 0.3 is 6.18 Å². The van der Waals surface area contributed by atoms with Crippen molar-refractivity contribution in [1.29, 1.82) is 0 Å². The average Bonchev–Trinajstić information content (AvgIpc) is 2.67. The van der Waals surface area contributed by atoms with Crippen LogP contribution in [0.15, 0.2) is 17.5 Å². The van der Waals surface area contributed by atoms with Gasteiger partial charge in [-0.2, -0.15) is 13.2 Å². The Kier molecular flexibility index (Phi) is 4.95. The van der Waals surface area contributed by atoms with Gasteiger partial charge in [0, 0.05) is 4.88 Å². The molecule has 1 aromatic rings. The highest BCUT2D eigenvalue weighted by Gasteiger charge is 2.26. The van der Waals surface area contributed by atoms with Crippen molar-refractivity contribution in [2.24, 2.45) is 0 Å². The quantitative estimate of drug-likeness (QED) is 0.856. The van der Waals surface area contributed by atoms with E-state index in [2.05, 4.69) is 5.32 Å². The monoisotopic (exact) mass is 266 g/mol. The second-order valence-corrected chi connectivity index (χ2v) is 4.50. The summed E-state index contributed by atoms with van der Waals surface area (Å²) < 4.78 is 35.4. The fourth-order valence-electron chi connectivity index (χ4n) is 1.22. The summed E-state index contributed by atoms with van der Waals surface area (Å²) in [5, 5.41) is 6.53. The highest BCUT2D eigenvalue weighted by atomic mass is 32.1. The second kappa shape index (κ2) is 6.02. The molecule has 3 nitrogen and oxygen atoms in total. The molecular weight excluding hydrogens is 253 g/mol. The van der Waals surface area contributed by atoms with Crippen LogP contribution in [0.1, 0.15) is 17.8 Å². The molecule has 7 heteroatoms. The first-order chi connectivity index (χ1) is 7.88. The molecule has 0 aliphatic carbocycles. The highest BCUT2D eigenvalue weighted by molar-refractivity contribution is 7.10. The molecule has 1 rings (SSSR count). The molecule has 96 valence electrons. The van der Waals surface area contributed by atoms with Crippen LogP contribution in [0.5, 0.6) is 0 Å². The Bertz CT molecular complexity index is 351. The molecule has 0 bridgehead atoms. The first-order valence-corrected chi connectivity index (χ1v) is 5.86. The largest absolute Gasteiger partial charge is 0.401 e. The molecule has 2 N–H and O–H groups in total. The molecule has 1 aromatic heterocycles.